The van der Waals surface area contributed by atoms with Crippen LogP contribution in [0.1, 0.15) is 16.1 Å². The van der Waals surface area contributed by atoms with E-state index in [1.165, 1.54) is 42.6 Å². The van der Waals surface area contributed by atoms with Gasteiger partial charge < -0.3 is 15.9 Å². The molecule has 21 heavy (non-hydrogen) atoms. The Kier molecular flexibility index (Phi) is 3.93. The van der Waals surface area contributed by atoms with Crippen LogP contribution in [0.5, 0.6) is 5.75 Å². The van der Waals surface area contributed by atoms with Crippen LogP contribution in [0.25, 0.3) is 0 Å². The van der Waals surface area contributed by atoms with Crippen LogP contribution in [-0.2, 0) is 10.3 Å². The lowest BCUT2D eigenvalue weighted by Gasteiger charge is -2.23. The monoisotopic (exact) mass is 306 g/mol. The number of aliphatic carboxylic acids is 1. The minimum Gasteiger partial charge on any atom is -0.506 e. The number of halogens is 1. The van der Waals surface area contributed by atoms with Gasteiger partial charge in [0.2, 0.25) is 11.3 Å². The van der Waals surface area contributed by atoms with E-state index in [0.717, 1.165) is 0 Å². The maximum absolute atomic E-state index is 12.5. The zero-order valence-electron chi connectivity index (χ0n) is 10.7. The molecule has 0 bridgehead atoms. The lowest BCUT2D eigenvalue weighted by molar-refractivity contribution is -0.141. The van der Waals surface area contributed by atoms with Crippen LogP contribution in [-0.4, -0.2) is 26.9 Å². The van der Waals surface area contributed by atoms with Crippen LogP contribution in [0.3, 0.4) is 0 Å². The van der Waals surface area contributed by atoms with E-state index in [1.807, 2.05) is 0 Å². The van der Waals surface area contributed by atoms with Gasteiger partial charge in [0.1, 0.15) is 5.75 Å². The molecule has 0 aliphatic heterocycles. The Morgan fingerprint density at radius 1 is 1.24 bits per heavy atom. The minimum absolute atomic E-state index is 0.00227. The molecule has 0 radical (unpaired) electrons. The molecule has 7 heteroatoms. The SMILES string of the molecule is NC(C(=O)O)(C(=O)c1ncccc1O)c1cccc(Cl)c1. The number of aromatic nitrogens is 1. The Bertz CT molecular complexity index is 720. The summed E-state index contributed by atoms with van der Waals surface area (Å²) in [7, 11) is 0. The molecule has 1 aromatic carbocycles. The van der Waals surface area contributed by atoms with Crippen molar-refractivity contribution in [1.82, 2.24) is 4.98 Å². The lowest BCUT2D eigenvalue weighted by atomic mass is 9.85. The van der Waals surface area contributed by atoms with Crippen molar-refractivity contribution in [1.29, 1.82) is 0 Å². The van der Waals surface area contributed by atoms with Gasteiger partial charge in [0.25, 0.3) is 0 Å². The zero-order chi connectivity index (χ0) is 15.6. The van der Waals surface area contributed by atoms with Crippen molar-refractivity contribution in [3.63, 3.8) is 0 Å². The maximum atomic E-state index is 12.5. The van der Waals surface area contributed by atoms with Crippen LogP contribution in [0, 0.1) is 0 Å². The molecule has 0 aliphatic rings. The third-order valence-electron chi connectivity index (χ3n) is 2.98. The van der Waals surface area contributed by atoms with Crippen molar-refractivity contribution < 1.29 is 19.8 Å². The number of benzene rings is 1. The Hall–Kier alpha value is -2.44. The molecule has 0 amide bonds. The van der Waals surface area contributed by atoms with Crippen molar-refractivity contribution >= 4 is 23.4 Å². The van der Waals surface area contributed by atoms with Gasteiger partial charge in [-0.15, -0.1) is 0 Å². The summed E-state index contributed by atoms with van der Waals surface area (Å²) in [6.45, 7) is 0. The van der Waals surface area contributed by atoms with Gasteiger partial charge in [0, 0.05) is 11.2 Å². The molecule has 1 heterocycles. The topological polar surface area (TPSA) is 114 Å². The van der Waals surface area contributed by atoms with Crippen LogP contribution in [0.15, 0.2) is 42.6 Å². The van der Waals surface area contributed by atoms with Crippen molar-refractivity contribution in [3.05, 3.63) is 58.9 Å². The van der Waals surface area contributed by atoms with E-state index >= 15 is 0 Å². The number of hydrogen-bond acceptors (Lipinski definition) is 5. The predicted molar refractivity (Wildman–Crippen MR) is 75.2 cm³/mol. The first kappa shape index (κ1) is 15.0. The van der Waals surface area contributed by atoms with Crippen LogP contribution in [0.2, 0.25) is 5.02 Å². The fraction of sp³-hybridized carbons (Fsp3) is 0.0714. The molecular formula is C14H11ClN2O4. The molecule has 0 aliphatic carbocycles. The van der Waals surface area contributed by atoms with Crippen molar-refractivity contribution in [2.45, 2.75) is 5.54 Å². The highest BCUT2D eigenvalue weighted by Gasteiger charge is 2.46. The highest BCUT2D eigenvalue weighted by atomic mass is 35.5. The van der Waals surface area contributed by atoms with E-state index in [2.05, 4.69) is 4.98 Å². The highest BCUT2D eigenvalue weighted by Crippen LogP contribution is 2.28. The number of carboxylic acid groups (broad SMARTS) is 1. The van der Waals surface area contributed by atoms with E-state index in [0.29, 0.717) is 0 Å². The molecule has 0 spiro atoms. The first-order valence-corrected chi connectivity index (χ1v) is 6.22. The molecular weight excluding hydrogens is 296 g/mol. The van der Waals surface area contributed by atoms with Gasteiger partial charge in [-0.25, -0.2) is 9.78 Å². The molecule has 4 N–H and O–H groups in total. The van der Waals surface area contributed by atoms with Crippen LogP contribution >= 0.6 is 11.6 Å². The summed E-state index contributed by atoms with van der Waals surface area (Å²) < 4.78 is 0. The smallest absolute Gasteiger partial charge is 0.336 e. The fourth-order valence-electron chi connectivity index (χ4n) is 1.84. The number of carboxylic acids is 1. The predicted octanol–water partition coefficient (Wildman–Crippen LogP) is 1.56. The summed E-state index contributed by atoms with van der Waals surface area (Å²) in [5, 5.41) is 19.3. The van der Waals surface area contributed by atoms with E-state index in [1.54, 1.807) is 0 Å². The molecule has 6 nitrogen and oxygen atoms in total. The van der Waals surface area contributed by atoms with Gasteiger partial charge in [0.15, 0.2) is 5.69 Å². The molecule has 108 valence electrons. The first-order valence-electron chi connectivity index (χ1n) is 5.84. The number of aromatic hydroxyl groups is 1. The van der Waals surface area contributed by atoms with Gasteiger partial charge in [-0.2, -0.15) is 0 Å². The quantitative estimate of drug-likeness (QED) is 0.583. The number of nitrogens with two attached hydrogens (primary N) is 1. The zero-order valence-corrected chi connectivity index (χ0v) is 11.4. The number of pyridine rings is 1. The average Bonchev–Trinajstić information content (AvgIpc) is 2.46. The summed E-state index contributed by atoms with van der Waals surface area (Å²) >= 11 is 5.81. The summed E-state index contributed by atoms with van der Waals surface area (Å²) in [4.78, 5) is 27.7. The van der Waals surface area contributed by atoms with E-state index in [4.69, 9.17) is 17.3 Å². The number of carbonyl (C=O) groups is 2. The second kappa shape index (κ2) is 5.51. The third-order valence-corrected chi connectivity index (χ3v) is 3.21. The Balaban J connectivity index is 2.61. The van der Waals surface area contributed by atoms with Gasteiger partial charge in [0.05, 0.1) is 0 Å². The number of rotatable bonds is 4. The van der Waals surface area contributed by atoms with Gasteiger partial charge in [-0.1, -0.05) is 23.7 Å². The standard InChI is InChI=1S/C14H11ClN2O4/c15-9-4-1-3-8(7-9)14(16,13(20)21)12(19)11-10(18)5-2-6-17-11/h1-7,18H,16H2,(H,20,21). The van der Waals surface area contributed by atoms with Crippen LogP contribution in [0.4, 0.5) is 0 Å². The second-order valence-electron chi connectivity index (χ2n) is 4.32. The lowest BCUT2D eigenvalue weighted by Crippen LogP contribution is -2.52. The summed E-state index contributed by atoms with van der Waals surface area (Å²) in [6.07, 6.45) is 1.26. The molecule has 1 atom stereocenters. The van der Waals surface area contributed by atoms with Gasteiger partial charge in [-0.05, 0) is 29.8 Å². The number of hydrogen-bond donors (Lipinski definition) is 3. The van der Waals surface area contributed by atoms with Crippen molar-refractivity contribution in [2.24, 2.45) is 5.73 Å². The van der Waals surface area contributed by atoms with Gasteiger partial charge >= 0.3 is 5.97 Å². The van der Waals surface area contributed by atoms with Gasteiger partial charge in [-0.3, -0.25) is 4.79 Å². The molecule has 1 aromatic heterocycles. The summed E-state index contributed by atoms with van der Waals surface area (Å²) in [5.74, 6) is -3.05. The molecule has 0 fully saturated rings. The number of Topliss-reactive ketones (excluding diaryl/α,β-unsaturated/α-hetero) is 1. The Morgan fingerprint density at radius 3 is 2.52 bits per heavy atom. The molecule has 1 unspecified atom stereocenters. The normalized spacial score (nSPS) is 13.4. The highest BCUT2D eigenvalue weighted by molar-refractivity contribution is 6.30. The fourth-order valence-corrected chi connectivity index (χ4v) is 2.03. The number of carbonyl (C=O) groups excluding carboxylic acids is 1. The largest absolute Gasteiger partial charge is 0.506 e. The number of nitrogens with zero attached hydrogens (tertiary/aromatic N) is 1. The summed E-state index contributed by atoms with van der Waals surface area (Å²) in [5.41, 5.74) is 3.01. The van der Waals surface area contributed by atoms with E-state index in [9.17, 15) is 19.8 Å². The third kappa shape index (κ3) is 2.58. The molecule has 0 saturated carbocycles. The second-order valence-corrected chi connectivity index (χ2v) is 4.76. The van der Waals surface area contributed by atoms with Crippen LogP contribution < -0.4 is 5.73 Å². The molecule has 2 rings (SSSR count). The molecule has 2 aromatic rings. The molecule has 0 saturated heterocycles. The average molecular weight is 307 g/mol. The van der Waals surface area contributed by atoms with Crippen molar-refractivity contribution in [2.75, 3.05) is 0 Å². The first-order chi connectivity index (χ1) is 9.87. The van der Waals surface area contributed by atoms with E-state index in [-0.39, 0.29) is 10.6 Å². The minimum atomic E-state index is -2.39. The van der Waals surface area contributed by atoms with Crippen molar-refractivity contribution in [3.8, 4) is 5.75 Å². The maximum Gasteiger partial charge on any atom is 0.336 e. The Labute approximate surface area is 124 Å². The summed E-state index contributed by atoms with van der Waals surface area (Å²) in [6, 6.07) is 8.29. The Morgan fingerprint density at radius 2 is 1.95 bits per heavy atom. The number of ketones is 1. The van der Waals surface area contributed by atoms with E-state index < -0.39 is 28.7 Å².